The van der Waals surface area contributed by atoms with E-state index in [1.165, 1.54) is 19.3 Å². The second kappa shape index (κ2) is 6.72. The summed E-state index contributed by atoms with van der Waals surface area (Å²) in [5, 5.41) is 0. The van der Waals surface area contributed by atoms with Crippen molar-refractivity contribution in [3.05, 3.63) is 29.3 Å². The summed E-state index contributed by atoms with van der Waals surface area (Å²) in [5.74, 6) is 0. The Balaban J connectivity index is 2.15. The van der Waals surface area contributed by atoms with Crippen LogP contribution in [0.3, 0.4) is 0 Å². The number of nitrogens with one attached hydrogen (secondary N) is 1. The van der Waals surface area contributed by atoms with Crippen LogP contribution in [0.15, 0.2) is 23.1 Å². The molecule has 1 aliphatic rings. The van der Waals surface area contributed by atoms with E-state index in [1.54, 1.807) is 6.07 Å². The van der Waals surface area contributed by atoms with Gasteiger partial charge in [-0.3, -0.25) is 0 Å². The van der Waals surface area contributed by atoms with Crippen molar-refractivity contribution in [3.8, 4) is 0 Å². The fraction of sp³-hybridized carbons (Fsp3) is 0.625. The molecule has 0 bridgehead atoms. The molecular weight excluding hydrogens is 270 g/mol. The average molecular weight is 295 g/mol. The molecule has 20 heavy (non-hydrogen) atoms. The summed E-state index contributed by atoms with van der Waals surface area (Å²) >= 11 is 0. The van der Waals surface area contributed by atoms with E-state index in [2.05, 4.69) is 4.72 Å². The highest BCUT2D eigenvalue weighted by Gasteiger charge is 2.22. The van der Waals surface area contributed by atoms with Gasteiger partial charge in [0.1, 0.15) is 0 Å². The Hall–Kier alpha value is -0.870. The van der Waals surface area contributed by atoms with Gasteiger partial charge in [0.05, 0.1) is 4.90 Å². The fourth-order valence-corrected chi connectivity index (χ4v) is 4.49. The molecule has 0 atom stereocenters. The largest absolute Gasteiger partial charge is 0.241 e. The lowest BCUT2D eigenvalue weighted by atomic mass is 9.97. The van der Waals surface area contributed by atoms with Gasteiger partial charge in [0.25, 0.3) is 0 Å². The first-order chi connectivity index (χ1) is 9.49. The molecule has 0 spiro atoms. The number of aryl methyl sites for hydroxylation is 2. The molecule has 2 rings (SSSR count). The SMILES string of the molecule is Cc1ccc(C)c(S(=O)(=O)NC2CCCCCCC2)c1. The van der Waals surface area contributed by atoms with Crippen molar-refractivity contribution >= 4 is 10.0 Å². The van der Waals surface area contributed by atoms with Gasteiger partial charge in [0.15, 0.2) is 0 Å². The summed E-state index contributed by atoms with van der Waals surface area (Å²) in [4.78, 5) is 0.430. The minimum absolute atomic E-state index is 0.0974. The lowest BCUT2D eigenvalue weighted by Gasteiger charge is -2.21. The lowest BCUT2D eigenvalue weighted by molar-refractivity contribution is 0.426. The smallest absolute Gasteiger partial charge is 0.208 e. The molecule has 0 saturated heterocycles. The van der Waals surface area contributed by atoms with Crippen LogP contribution in [0.2, 0.25) is 0 Å². The monoisotopic (exact) mass is 295 g/mol. The zero-order valence-electron chi connectivity index (χ0n) is 12.5. The summed E-state index contributed by atoms with van der Waals surface area (Å²) in [7, 11) is -3.39. The molecule has 0 aromatic heterocycles. The molecule has 1 aliphatic carbocycles. The van der Waals surface area contributed by atoms with Crippen molar-refractivity contribution in [1.82, 2.24) is 4.72 Å². The van der Waals surface area contributed by atoms with Crippen molar-refractivity contribution < 1.29 is 8.42 Å². The van der Waals surface area contributed by atoms with Crippen molar-refractivity contribution in [2.45, 2.75) is 69.7 Å². The summed E-state index contributed by atoms with van der Waals surface area (Å²) < 4.78 is 28.0. The maximum absolute atomic E-state index is 12.6. The van der Waals surface area contributed by atoms with Crippen LogP contribution in [-0.4, -0.2) is 14.5 Å². The Labute approximate surface area is 122 Å². The topological polar surface area (TPSA) is 46.2 Å². The summed E-state index contributed by atoms with van der Waals surface area (Å²) in [6.07, 6.45) is 7.91. The van der Waals surface area contributed by atoms with Crippen molar-refractivity contribution in [2.75, 3.05) is 0 Å². The van der Waals surface area contributed by atoms with E-state index in [0.717, 1.165) is 36.8 Å². The normalized spacial score (nSPS) is 18.5. The van der Waals surface area contributed by atoms with Gasteiger partial charge in [-0.2, -0.15) is 0 Å². The number of rotatable bonds is 3. The zero-order chi connectivity index (χ0) is 14.6. The molecule has 1 aromatic rings. The third-order valence-corrected chi connectivity index (χ3v) is 5.72. The average Bonchev–Trinajstić information content (AvgIpc) is 2.35. The van der Waals surface area contributed by atoms with E-state index >= 15 is 0 Å². The van der Waals surface area contributed by atoms with Gasteiger partial charge in [-0.05, 0) is 43.9 Å². The van der Waals surface area contributed by atoms with Crippen LogP contribution in [0.1, 0.15) is 56.1 Å². The van der Waals surface area contributed by atoms with Crippen LogP contribution in [-0.2, 0) is 10.0 Å². The lowest BCUT2D eigenvalue weighted by Crippen LogP contribution is -2.35. The zero-order valence-corrected chi connectivity index (χ0v) is 13.3. The Kier molecular flexibility index (Phi) is 5.22. The van der Waals surface area contributed by atoms with Gasteiger partial charge in [-0.25, -0.2) is 13.1 Å². The molecule has 1 aromatic carbocycles. The number of sulfonamides is 1. The van der Waals surface area contributed by atoms with Crippen LogP contribution in [0, 0.1) is 13.8 Å². The minimum Gasteiger partial charge on any atom is -0.208 e. The Morgan fingerprint density at radius 2 is 1.60 bits per heavy atom. The molecule has 1 fully saturated rings. The third-order valence-electron chi connectivity index (χ3n) is 4.06. The van der Waals surface area contributed by atoms with E-state index in [9.17, 15) is 8.42 Å². The molecule has 3 nitrogen and oxygen atoms in total. The first-order valence-electron chi connectivity index (χ1n) is 7.58. The van der Waals surface area contributed by atoms with E-state index in [0.29, 0.717) is 4.90 Å². The van der Waals surface area contributed by atoms with Crippen LogP contribution in [0.4, 0.5) is 0 Å². The summed E-state index contributed by atoms with van der Waals surface area (Å²) in [5.41, 5.74) is 1.79. The highest BCUT2D eigenvalue weighted by molar-refractivity contribution is 7.89. The van der Waals surface area contributed by atoms with E-state index < -0.39 is 10.0 Å². The van der Waals surface area contributed by atoms with Crippen molar-refractivity contribution in [2.24, 2.45) is 0 Å². The summed E-state index contributed by atoms with van der Waals surface area (Å²) in [6, 6.07) is 5.69. The maximum Gasteiger partial charge on any atom is 0.241 e. The maximum atomic E-state index is 12.6. The van der Waals surface area contributed by atoms with Gasteiger partial charge in [-0.1, -0.05) is 44.2 Å². The van der Waals surface area contributed by atoms with Gasteiger partial charge < -0.3 is 0 Å². The van der Waals surface area contributed by atoms with Crippen molar-refractivity contribution in [1.29, 1.82) is 0 Å². The van der Waals surface area contributed by atoms with Gasteiger partial charge >= 0.3 is 0 Å². The molecule has 0 amide bonds. The molecule has 0 unspecified atom stereocenters. The van der Waals surface area contributed by atoms with Crippen LogP contribution in [0.25, 0.3) is 0 Å². The Morgan fingerprint density at radius 1 is 1.00 bits per heavy atom. The number of hydrogen-bond donors (Lipinski definition) is 1. The van der Waals surface area contributed by atoms with Gasteiger partial charge in [-0.15, -0.1) is 0 Å². The van der Waals surface area contributed by atoms with E-state index in [-0.39, 0.29) is 6.04 Å². The predicted octanol–water partition coefficient (Wildman–Crippen LogP) is 3.69. The predicted molar refractivity (Wildman–Crippen MR) is 82.3 cm³/mol. The number of benzene rings is 1. The molecule has 4 heteroatoms. The first-order valence-corrected chi connectivity index (χ1v) is 9.07. The molecule has 0 aliphatic heterocycles. The standard InChI is InChI=1S/C16H25NO2S/c1-13-10-11-14(2)16(12-13)20(18,19)17-15-8-6-4-3-5-7-9-15/h10-12,15,17H,3-9H2,1-2H3. The fourth-order valence-electron chi connectivity index (χ4n) is 2.85. The third kappa shape index (κ3) is 4.06. The Morgan fingerprint density at radius 3 is 2.25 bits per heavy atom. The van der Waals surface area contributed by atoms with E-state index in [1.807, 2.05) is 26.0 Å². The second-order valence-corrected chi connectivity index (χ2v) is 7.61. The van der Waals surface area contributed by atoms with Crippen molar-refractivity contribution in [3.63, 3.8) is 0 Å². The molecule has 0 radical (unpaired) electrons. The molecule has 0 heterocycles. The van der Waals surface area contributed by atoms with Crippen LogP contribution < -0.4 is 4.72 Å². The molecular formula is C16H25NO2S. The molecule has 112 valence electrons. The Bertz CT molecular complexity index is 544. The summed E-state index contributed by atoms with van der Waals surface area (Å²) in [6.45, 7) is 3.78. The molecule has 1 saturated carbocycles. The quantitative estimate of drug-likeness (QED) is 0.924. The highest BCUT2D eigenvalue weighted by Crippen LogP contribution is 2.21. The van der Waals surface area contributed by atoms with Crippen LogP contribution >= 0.6 is 0 Å². The number of hydrogen-bond acceptors (Lipinski definition) is 2. The van der Waals surface area contributed by atoms with E-state index in [4.69, 9.17) is 0 Å². The van der Waals surface area contributed by atoms with Crippen LogP contribution in [0.5, 0.6) is 0 Å². The molecule has 1 N–H and O–H groups in total. The first kappa shape index (κ1) is 15.5. The second-order valence-electron chi connectivity index (χ2n) is 5.93. The highest BCUT2D eigenvalue weighted by atomic mass is 32.2. The van der Waals surface area contributed by atoms with Gasteiger partial charge in [0, 0.05) is 6.04 Å². The minimum atomic E-state index is -3.39. The van der Waals surface area contributed by atoms with Gasteiger partial charge in [0.2, 0.25) is 10.0 Å².